The van der Waals surface area contributed by atoms with Gasteiger partial charge in [-0.15, -0.1) is 0 Å². The average molecular weight is 133 g/mol. The van der Waals surface area contributed by atoms with Gasteiger partial charge in [-0.1, -0.05) is 24.3 Å². The van der Waals surface area contributed by atoms with Crippen LogP contribution in [0.25, 0.3) is 0 Å². The molecule has 0 unspecified atom stereocenters. The number of hydrogen-bond acceptors (Lipinski definition) is 1. The summed E-state index contributed by atoms with van der Waals surface area (Å²) in [6, 6.07) is 7.65. The molecule has 1 aromatic carbocycles. The number of carbonyl (C=O) groups is 1. The zero-order valence-corrected chi connectivity index (χ0v) is 5.71. The van der Waals surface area contributed by atoms with Gasteiger partial charge in [0.05, 0.1) is 0 Å². The number of carbonyl (C=O) groups excluding carboxylic acids is 1. The van der Waals surface area contributed by atoms with Crippen molar-refractivity contribution in [1.82, 2.24) is 0 Å². The van der Waals surface area contributed by atoms with Gasteiger partial charge in [0, 0.05) is 6.42 Å². The SMILES string of the molecule is [CH2]c1cccc(CC=O)c1. The zero-order valence-electron chi connectivity index (χ0n) is 5.71. The summed E-state index contributed by atoms with van der Waals surface area (Å²) in [5, 5.41) is 0. The highest BCUT2D eigenvalue weighted by molar-refractivity contribution is 5.55. The van der Waals surface area contributed by atoms with Crippen LogP contribution in [0.2, 0.25) is 0 Å². The van der Waals surface area contributed by atoms with Gasteiger partial charge in [-0.25, -0.2) is 0 Å². The fraction of sp³-hybridized carbons (Fsp3) is 0.111. The maximum absolute atomic E-state index is 10.1. The van der Waals surface area contributed by atoms with E-state index in [1.54, 1.807) is 0 Å². The van der Waals surface area contributed by atoms with E-state index in [1.807, 2.05) is 24.3 Å². The zero-order chi connectivity index (χ0) is 7.40. The lowest BCUT2D eigenvalue weighted by atomic mass is 10.1. The topological polar surface area (TPSA) is 17.1 Å². The maximum atomic E-state index is 10.1. The van der Waals surface area contributed by atoms with Gasteiger partial charge in [-0.3, -0.25) is 0 Å². The van der Waals surface area contributed by atoms with Crippen LogP contribution >= 0.6 is 0 Å². The smallest absolute Gasteiger partial charge is 0.124 e. The first-order valence-corrected chi connectivity index (χ1v) is 3.17. The van der Waals surface area contributed by atoms with Crippen molar-refractivity contribution in [2.75, 3.05) is 0 Å². The molecule has 0 atom stereocenters. The van der Waals surface area contributed by atoms with Gasteiger partial charge < -0.3 is 4.79 Å². The molecule has 10 heavy (non-hydrogen) atoms. The largest absolute Gasteiger partial charge is 0.303 e. The molecule has 1 nitrogen and oxygen atoms in total. The monoisotopic (exact) mass is 133 g/mol. The molecule has 0 aliphatic rings. The van der Waals surface area contributed by atoms with Crippen molar-refractivity contribution in [2.45, 2.75) is 6.42 Å². The molecule has 1 heteroatoms. The normalized spacial score (nSPS) is 9.30. The summed E-state index contributed by atoms with van der Waals surface area (Å²) in [6.45, 7) is 3.75. The summed E-state index contributed by atoms with van der Waals surface area (Å²) < 4.78 is 0. The van der Waals surface area contributed by atoms with E-state index in [0.29, 0.717) is 6.42 Å². The number of aldehydes is 1. The molecule has 0 saturated heterocycles. The molecule has 1 aromatic rings. The third-order valence-electron chi connectivity index (χ3n) is 1.31. The van der Waals surface area contributed by atoms with Gasteiger partial charge in [0.25, 0.3) is 0 Å². The number of benzene rings is 1. The highest BCUT2D eigenvalue weighted by atomic mass is 16.1. The highest BCUT2D eigenvalue weighted by Crippen LogP contribution is 2.02. The Morgan fingerprint density at radius 3 is 2.90 bits per heavy atom. The van der Waals surface area contributed by atoms with Crippen LogP contribution < -0.4 is 0 Å². The molecular formula is C9H9O. The van der Waals surface area contributed by atoms with Gasteiger partial charge in [-0.2, -0.15) is 0 Å². The van der Waals surface area contributed by atoms with E-state index in [4.69, 9.17) is 0 Å². The van der Waals surface area contributed by atoms with E-state index < -0.39 is 0 Å². The molecule has 0 amide bonds. The lowest BCUT2D eigenvalue weighted by Crippen LogP contribution is -1.84. The van der Waals surface area contributed by atoms with E-state index in [0.717, 1.165) is 17.4 Å². The summed E-state index contributed by atoms with van der Waals surface area (Å²) in [5.74, 6) is 0. The summed E-state index contributed by atoms with van der Waals surface area (Å²) in [7, 11) is 0. The molecule has 0 aliphatic carbocycles. The van der Waals surface area contributed by atoms with E-state index in [2.05, 4.69) is 6.92 Å². The number of hydrogen-bond donors (Lipinski definition) is 0. The Labute approximate surface area is 60.7 Å². The molecule has 1 rings (SSSR count). The van der Waals surface area contributed by atoms with Crippen LogP contribution in [0.4, 0.5) is 0 Å². The van der Waals surface area contributed by atoms with Crippen LogP contribution in [0, 0.1) is 6.92 Å². The van der Waals surface area contributed by atoms with Gasteiger partial charge in [0.2, 0.25) is 0 Å². The predicted molar refractivity (Wildman–Crippen MR) is 40.7 cm³/mol. The summed E-state index contributed by atoms with van der Waals surface area (Å²) in [4.78, 5) is 10.1. The van der Waals surface area contributed by atoms with E-state index in [9.17, 15) is 4.79 Å². The van der Waals surface area contributed by atoms with Gasteiger partial charge >= 0.3 is 0 Å². The highest BCUT2D eigenvalue weighted by Gasteiger charge is 1.89. The molecule has 0 bridgehead atoms. The van der Waals surface area contributed by atoms with Crippen molar-refractivity contribution < 1.29 is 4.79 Å². The van der Waals surface area contributed by atoms with Crippen LogP contribution in [-0.2, 0) is 11.2 Å². The first-order valence-electron chi connectivity index (χ1n) is 3.17. The molecule has 1 radical (unpaired) electrons. The lowest BCUT2D eigenvalue weighted by molar-refractivity contribution is -0.107. The Bertz CT molecular complexity index is 228. The Morgan fingerprint density at radius 1 is 1.50 bits per heavy atom. The maximum Gasteiger partial charge on any atom is 0.124 e. The Kier molecular flexibility index (Phi) is 2.21. The van der Waals surface area contributed by atoms with Crippen LogP contribution in [-0.4, -0.2) is 6.29 Å². The van der Waals surface area contributed by atoms with Crippen LogP contribution in [0.15, 0.2) is 24.3 Å². The minimum absolute atomic E-state index is 0.489. The molecule has 0 heterocycles. The third-order valence-corrected chi connectivity index (χ3v) is 1.31. The molecule has 0 spiro atoms. The molecular weight excluding hydrogens is 124 g/mol. The van der Waals surface area contributed by atoms with Gasteiger partial charge in [0.15, 0.2) is 0 Å². The van der Waals surface area contributed by atoms with Crippen molar-refractivity contribution in [2.24, 2.45) is 0 Å². The summed E-state index contributed by atoms with van der Waals surface area (Å²) in [6.07, 6.45) is 1.39. The minimum Gasteiger partial charge on any atom is -0.303 e. The van der Waals surface area contributed by atoms with Crippen molar-refractivity contribution in [3.8, 4) is 0 Å². The average Bonchev–Trinajstić information content (AvgIpc) is 1.88. The molecule has 0 N–H and O–H groups in total. The second-order valence-corrected chi connectivity index (χ2v) is 2.19. The van der Waals surface area contributed by atoms with Crippen molar-refractivity contribution >= 4 is 6.29 Å². The first kappa shape index (κ1) is 7.00. The predicted octanol–water partition coefficient (Wildman–Crippen LogP) is 1.61. The van der Waals surface area contributed by atoms with E-state index in [-0.39, 0.29) is 0 Å². The number of rotatable bonds is 2. The molecule has 51 valence electrons. The lowest BCUT2D eigenvalue weighted by Gasteiger charge is -1.94. The third kappa shape index (κ3) is 1.69. The van der Waals surface area contributed by atoms with Crippen molar-refractivity contribution in [3.63, 3.8) is 0 Å². The van der Waals surface area contributed by atoms with Crippen LogP contribution in [0.3, 0.4) is 0 Å². The van der Waals surface area contributed by atoms with E-state index >= 15 is 0 Å². The first-order chi connectivity index (χ1) is 4.83. The van der Waals surface area contributed by atoms with Gasteiger partial charge in [-0.05, 0) is 18.1 Å². The molecule has 0 aromatic heterocycles. The molecule has 0 fully saturated rings. The molecule has 0 saturated carbocycles. The van der Waals surface area contributed by atoms with Crippen LogP contribution in [0.5, 0.6) is 0 Å². The minimum atomic E-state index is 0.489. The summed E-state index contributed by atoms with van der Waals surface area (Å²) >= 11 is 0. The Morgan fingerprint density at radius 2 is 2.30 bits per heavy atom. The fourth-order valence-electron chi connectivity index (χ4n) is 0.853. The second kappa shape index (κ2) is 3.16. The van der Waals surface area contributed by atoms with Crippen molar-refractivity contribution in [1.29, 1.82) is 0 Å². The Balaban J connectivity index is 2.84. The Hall–Kier alpha value is -1.11. The quantitative estimate of drug-likeness (QED) is 0.560. The fourth-order valence-corrected chi connectivity index (χ4v) is 0.853. The van der Waals surface area contributed by atoms with Crippen molar-refractivity contribution in [3.05, 3.63) is 42.3 Å². The standard InChI is InChI=1S/C9H9O/c1-8-3-2-4-9(7-8)5-6-10/h2-4,6-7H,1,5H2. The second-order valence-electron chi connectivity index (χ2n) is 2.19. The van der Waals surface area contributed by atoms with E-state index in [1.165, 1.54) is 0 Å². The van der Waals surface area contributed by atoms with Gasteiger partial charge in [0.1, 0.15) is 6.29 Å². The molecule has 0 aliphatic heterocycles. The van der Waals surface area contributed by atoms with Crippen LogP contribution in [0.1, 0.15) is 11.1 Å². The summed E-state index contributed by atoms with van der Waals surface area (Å²) in [5.41, 5.74) is 1.99.